The third-order valence-corrected chi connectivity index (χ3v) is 13.9. The van der Waals surface area contributed by atoms with Crippen molar-refractivity contribution in [2.45, 2.75) is 123 Å². The van der Waals surface area contributed by atoms with Gasteiger partial charge in [-0.1, -0.05) is 160 Å². The second kappa shape index (κ2) is 21.7. The monoisotopic (exact) mass is 768 g/mol. The van der Waals surface area contributed by atoms with Gasteiger partial charge >= 0.3 is 21.3 Å². The third kappa shape index (κ3) is 12.3. The quantitative estimate of drug-likeness (QED) is 0.0488. The molecule has 0 spiro atoms. The van der Waals surface area contributed by atoms with Crippen LogP contribution in [0, 0.1) is 0 Å². The Morgan fingerprint density at radius 1 is 0.542 bits per heavy atom. The van der Waals surface area contributed by atoms with Crippen LogP contribution in [0.5, 0.6) is 0 Å². The highest BCUT2D eigenvalue weighted by Gasteiger charge is 2.58. The first-order chi connectivity index (χ1) is 23.3. The first-order valence-corrected chi connectivity index (χ1v) is 21.4. The van der Waals surface area contributed by atoms with Gasteiger partial charge in [-0.3, -0.25) is 0 Å². The van der Waals surface area contributed by atoms with Gasteiger partial charge < -0.3 is 4.74 Å². The van der Waals surface area contributed by atoms with Gasteiger partial charge in [0, 0.05) is 20.0 Å². The summed E-state index contributed by atoms with van der Waals surface area (Å²) in [5.74, 6) is -2.13. The van der Waals surface area contributed by atoms with Gasteiger partial charge in [0.25, 0.3) is 0 Å². The van der Waals surface area contributed by atoms with Crippen LogP contribution in [0.1, 0.15) is 103 Å². The molecule has 0 amide bonds. The number of ether oxygens (including phenoxy) is 1. The van der Waals surface area contributed by atoms with Crippen LogP contribution in [-0.2, 0) is 23.3 Å². The minimum Gasteiger partial charge on any atom is -0.460 e. The molecule has 0 atom stereocenters. The van der Waals surface area contributed by atoms with Crippen LogP contribution in [-0.4, -0.2) is 31.6 Å². The van der Waals surface area contributed by atoms with Crippen molar-refractivity contribution in [2.75, 3.05) is 11.9 Å². The van der Waals surface area contributed by atoms with Crippen LogP contribution >= 0.6 is 26.2 Å². The van der Waals surface area contributed by atoms with Crippen LogP contribution in [0.15, 0.2) is 106 Å². The van der Waals surface area contributed by atoms with Gasteiger partial charge in [-0.2, -0.15) is 17.2 Å². The predicted molar refractivity (Wildman–Crippen MR) is 195 cm³/mol. The molecule has 0 aliphatic heterocycles. The number of carbonyl (C=O) groups excluding carboxylic acids is 1. The molecule has 0 bridgehead atoms. The van der Waals surface area contributed by atoms with Gasteiger partial charge in [0.1, 0.15) is 0 Å². The molecule has 0 aromatic heterocycles. The highest BCUT2D eigenvalue weighted by molar-refractivity contribution is 9.09. The molecule has 0 saturated heterocycles. The second-order valence-corrected chi connectivity index (χ2v) is 17.3. The van der Waals surface area contributed by atoms with E-state index in [-0.39, 0.29) is 6.61 Å². The molecule has 0 unspecified atom stereocenters. The zero-order chi connectivity index (χ0) is 34.6. The Morgan fingerprint density at radius 2 is 0.854 bits per heavy atom. The average molecular weight is 770 g/mol. The Kier molecular flexibility index (Phi) is 18.2. The molecule has 3 rings (SSSR count). The topological polar surface area (TPSA) is 69.7 Å². The summed E-state index contributed by atoms with van der Waals surface area (Å²) in [5, 5.41) is -3.80. The van der Waals surface area contributed by atoms with Gasteiger partial charge in [0.05, 0.1) is 6.61 Å². The largest absolute Gasteiger partial charge is 0.466 e. The molecule has 3 aromatic rings. The molecule has 10 heteroatoms. The summed E-state index contributed by atoms with van der Waals surface area (Å²) in [6.07, 6.45) is 18.4. The summed E-state index contributed by atoms with van der Waals surface area (Å²) in [6, 6.07) is 25.1. The van der Waals surface area contributed by atoms with E-state index in [0.29, 0.717) is 27.5 Å². The number of hydrogen-bond acceptors (Lipinski definition) is 5. The Bertz CT molecular complexity index is 1310. The zero-order valence-corrected chi connectivity index (χ0v) is 31.1. The average Bonchev–Trinajstić information content (AvgIpc) is 3.11. The minimum absolute atomic E-state index is 0.283. The molecule has 0 N–H and O–H groups in total. The van der Waals surface area contributed by atoms with Gasteiger partial charge in [-0.15, -0.1) is 0 Å². The summed E-state index contributed by atoms with van der Waals surface area (Å²) in [4.78, 5) is 13.7. The van der Waals surface area contributed by atoms with E-state index >= 15 is 8.78 Å². The molecule has 0 radical (unpaired) electrons. The summed E-state index contributed by atoms with van der Waals surface area (Å²) < 4.78 is 68.0. The van der Waals surface area contributed by atoms with E-state index in [4.69, 9.17) is 8.37 Å². The normalized spacial score (nSPS) is 12.6. The number of carbonyl (C=O) groups is 1. The molecular weight excluding hydrogens is 718 g/mol. The highest BCUT2D eigenvalue weighted by Crippen LogP contribution is 2.70. The third-order valence-electron chi connectivity index (χ3n) is 8.23. The summed E-state index contributed by atoms with van der Waals surface area (Å²) >= 11 is 3.48. The van der Waals surface area contributed by atoms with Gasteiger partial charge in [-0.25, -0.2) is 8.42 Å². The second-order valence-electron chi connectivity index (χ2n) is 12.0. The molecule has 0 fully saturated rings. The number of hydrogen-bond donors (Lipinski definition) is 0. The fourth-order valence-electron chi connectivity index (χ4n) is 5.56. The molecule has 0 aliphatic rings. The van der Waals surface area contributed by atoms with Crippen molar-refractivity contribution >= 4 is 42.3 Å². The number of esters is 1. The van der Waals surface area contributed by atoms with Crippen molar-refractivity contribution in [2.24, 2.45) is 0 Å². The molecule has 48 heavy (non-hydrogen) atoms. The van der Waals surface area contributed by atoms with Crippen molar-refractivity contribution in [3.05, 3.63) is 91.0 Å². The van der Waals surface area contributed by atoms with Gasteiger partial charge in [-0.05, 0) is 59.5 Å². The standard InChI is InChI=1S/C38H51BrF2O5S2/c39-32-24-13-11-9-7-5-3-1-2-4-6-8-10-12-14-25-33-45-37(42)38(40,41)48(43,44)46-47(34-26-18-15-19-27-34,35-28-20-16-21-29-35)36-30-22-17-23-31-36/h15-23,26-31H,1-14,24-25,32-33H2. The van der Waals surface area contributed by atoms with Gasteiger partial charge in [0.15, 0.2) is 0 Å². The SMILES string of the molecule is O=C(OCCCCCCCCCCCCCCCCCCBr)C(F)(F)S(=O)(=O)OS(c1ccccc1)(c1ccccc1)c1ccccc1. The molecular formula is C38H51BrF2O5S2. The highest BCUT2D eigenvalue weighted by atomic mass is 79.9. The fraction of sp³-hybridized carbons (Fsp3) is 0.500. The smallest absolute Gasteiger partial charge is 0.460 e. The minimum atomic E-state index is -5.81. The van der Waals surface area contributed by atoms with E-state index in [1.807, 2.05) is 0 Å². The van der Waals surface area contributed by atoms with Crippen molar-refractivity contribution in [3.63, 3.8) is 0 Å². The molecule has 0 aliphatic carbocycles. The lowest BCUT2D eigenvalue weighted by Crippen LogP contribution is -2.41. The Morgan fingerprint density at radius 3 is 1.19 bits per heavy atom. The number of benzene rings is 3. The van der Waals surface area contributed by atoms with Crippen LogP contribution in [0.25, 0.3) is 0 Å². The maximum absolute atomic E-state index is 15.4. The van der Waals surface area contributed by atoms with E-state index in [1.54, 1.807) is 91.0 Å². The molecule has 5 nitrogen and oxygen atoms in total. The van der Waals surface area contributed by atoms with E-state index in [0.717, 1.165) is 24.6 Å². The first kappa shape index (κ1) is 40.2. The summed E-state index contributed by atoms with van der Waals surface area (Å²) in [7, 11) is -9.04. The number of rotatable bonds is 25. The molecule has 0 saturated carbocycles. The van der Waals surface area contributed by atoms with Crippen molar-refractivity contribution in [3.8, 4) is 0 Å². The van der Waals surface area contributed by atoms with Crippen LogP contribution < -0.4 is 0 Å². The zero-order valence-electron chi connectivity index (χ0n) is 27.9. The fourth-order valence-corrected chi connectivity index (χ4v) is 11.0. The van der Waals surface area contributed by atoms with Crippen LogP contribution in [0.2, 0.25) is 0 Å². The van der Waals surface area contributed by atoms with E-state index in [2.05, 4.69) is 15.9 Å². The Balaban J connectivity index is 1.45. The number of halogens is 3. The molecule has 3 aromatic carbocycles. The number of unbranched alkanes of at least 4 members (excludes halogenated alkanes) is 15. The lowest BCUT2D eigenvalue weighted by atomic mass is 10.0. The molecule has 0 heterocycles. The van der Waals surface area contributed by atoms with Gasteiger partial charge in [0.2, 0.25) is 0 Å². The summed E-state index contributed by atoms with van der Waals surface area (Å²) in [6.45, 7) is -0.283. The van der Waals surface area contributed by atoms with E-state index < -0.39 is 31.7 Å². The Labute approximate surface area is 297 Å². The van der Waals surface area contributed by atoms with Crippen LogP contribution in [0.4, 0.5) is 8.78 Å². The Hall–Kier alpha value is -2.27. The lowest BCUT2D eigenvalue weighted by molar-refractivity contribution is -0.161. The van der Waals surface area contributed by atoms with E-state index in [9.17, 15) is 13.2 Å². The maximum atomic E-state index is 15.4. The van der Waals surface area contributed by atoms with Crippen LogP contribution in [0.3, 0.4) is 0 Å². The maximum Gasteiger partial charge on any atom is 0.466 e. The van der Waals surface area contributed by atoms with E-state index in [1.165, 1.54) is 70.6 Å². The van der Waals surface area contributed by atoms with Crippen molar-refractivity contribution < 1.29 is 30.4 Å². The summed E-state index contributed by atoms with van der Waals surface area (Å²) in [5.41, 5.74) is 0. The van der Waals surface area contributed by atoms with Crippen molar-refractivity contribution in [1.29, 1.82) is 0 Å². The predicted octanol–water partition coefficient (Wildman–Crippen LogP) is 12.0. The lowest BCUT2D eigenvalue weighted by Gasteiger charge is -2.39. The molecule has 266 valence electrons. The number of alkyl halides is 3. The first-order valence-electron chi connectivity index (χ1n) is 17.3. The van der Waals surface area contributed by atoms with Crippen molar-refractivity contribution in [1.82, 2.24) is 0 Å².